The van der Waals surface area contributed by atoms with Crippen molar-refractivity contribution < 1.29 is 19.4 Å². The third-order valence-corrected chi connectivity index (χ3v) is 3.25. The van der Waals surface area contributed by atoms with E-state index in [2.05, 4.69) is 6.92 Å². The molecule has 1 aliphatic rings. The monoisotopic (exact) mass is 244 g/mol. The van der Waals surface area contributed by atoms with Crippen LogP contribution in [0.25, 0.3) is 0 Å². The standard InChI is InChI=1S/C13H24O4/c1-2-3-8-16-9-10-17-12-6-4-11(5-7-12)13(14)15/h11-12H,2-10H2,1H3,(H,14,15). The van der Waals surface area contributed by atoms with Crippen LogP contribution in [0.2, 0.25) is 0 Å². The van der Waals surface area contributed by atoms with Crippen molar-refractivity contribution in [1.29, 1.82) is 0 Å². The summed E-state index contributed by atoms with van der Waals surface area (Å²) in [6.45, 7) is 4.23. The molecule has 0 bridgehead atoms. The highest BCUT2D eigenvalue weighted by Gasteiger charge is 2.25. The molecule has 100 valence electrons. The molecule has 0 spiro atoms. The molecule has 0 heterocycles. The molecule has 17 heavy (non-hydrogen) atoms. The van der Waals surface area contributed by atoms with Gasteiger partial charge in [0.15, 0.2) is 0 Å². The van der Waals surface area contributed by atoms with Gasteiger partial charge in [0, 0.05) is 6.61 Å². The van der Waals surface area contributed by atoms with E-state index in [0.717, 1.165) is 45.1 Å². The van der Waals surface area contributed by atoms with Gasteiger partial charge in [-0.15, -0.1) is 0 Å². The molecule has 1 N–H and O–H groups in total. The Morgan fingerprint density at radius 1 is 1.18 bits per heavy atom. The number of unbranched alkanes of at least 4 members (excludes halogenated alkanes) is 1. The summed E-state index contributed by atoms with van der Waals surface area (Å²) >= 11 is 0. The zero-order chi connectivity index (χ0) is 12.5. The molecule has 1 saturated carbocycles. The van der Waals surface area contributed by atoms with Gasteiger partial charge in [-0.25, -0.2) is 0 Å². The fourth-order valence-corrected chi connectivity index (χ4v) is 2.10. The molecule has 0 aromatic rings. The molecule has 4 nitrogen and oxygen atoms in total. The van der Waals surface area contributed by atoms with Crippen LogP contribution in [0.5, 0.6) is 0 Å². The number of carboxylic acids is 1. The molecule has 0 atom stereocenters. The molecule has 0 saturated heterocycles. The van der Waals surface area contributed by atoms with E-state index < -0.39 is 5.97 Å². The highest BCUT2D eigenvalue weighted by atomic mass is 16.5. The average Bonchev–Trinajstić information content (AvgIpc) is 2.34. The zero-order valence-electron chi connectivity index (χ0n) is 10.7. The van der Waals surface area contributed by atoms with Crippen molar-refractivity contribution >= 4 is 5.97 Å². The molecule has 4 heteroatoms. The summed E-state index contributed by atoms with van der Waals surface area (Å²) in [5.74, 6) is -0.818. The van der Waals surface area contributed by atoms with Crippen LogP contribution in [0.4, 0.5) is 0 Å². The summed E-state index contributed by atoms with van der Waals surface area (Å²) in [5, 5.41) is 8.86. The fraction of sp³-hybridized carbons (Fsp3) is 0.923. The number of carboxylic acid groups (broad SMARTS) is 1. The maximum Gasteiger partial charge on any atom is 0.306 e. The Hall–Kier alpha value is -0.610. The van der Waals surface area contributed by atoms with Gasteiger partial charge >= 0.3 is 5.97 Å². The van der Waals surface area contributed by atoms with E-state index in [1.807, 2.05) is 0 Å². The number of carbonyl (C=O) groups is 1. The minimum atomic E-state index is -0.661. The molecule has 1 rings (SSSR count). The normalized spacial score (nSPS) is 24.8. The lowest BCUT2D eigenvalue weighted by atomic mass is 9.87. The Morgan fingerprint density at radius 3 is 2.47 bits per heavy atom. The predicted octanol–water partition coefficient (Wildman–Crippen LogP) is 2.46. The quantitative estimate of drug-likeness (QED) is 0.666. The van der Waals surface area contributed by atoms with Crippen molar-refractivity contribution in [2.75, 3.05) is 19.8 Å². The number of hydrogen-bond acceptors (Lipinski definition) is 3. The van der Waals surface area contributed by atoms with Gasteiger partial charge in [0.05, 0.1) is 25.2 Å². The predicted molar refractivity (Wildman–Crippen MR) is 65.1 cm³/mol. The van der Waals surface area contributed by atoms with Crippen LogP contribution >= 0.6 is 0 Å². The SMILES string of the molecule is CCCCOCCOC1CCC(C(=O)O)CC1. The van der Waals surface area contributed by atoms with Crippen LogP contribution in [0.3, 0.4) is 0 Å². The van der Waals surface area contributed by atoms with Gasteiger partial charge in [0.2, 0.25) is 0 Å². The molecule has 1 aliphatic carbocycles. The van der Waals surface area contributed by atoms with Crippen LogP contribution in [-0.2, 0) is 14.3 Å². The maximum absolute atomic E-state index is 10.8. The second kappa shape index (κ2) is 8.48. The third-order valence-electron chi connectivity index (χ3n) is 3.25. The summed E-state index contributed by atoms with van der Waals surface area (Å²) in [6, 6.07) is 0. The van der Waals surface area contributed by atoms with E-state index in [9.17, 15) is 4.79 Å². The van der Waals surface area contributed by atoms with E-state index in [0.29, 0.717) is 13.2 Å². The first kappa shape index (κ1) is 14.5. The molecule has 0 aliphatic heterocycles. The van der Waals surface area contributed by atoms with E-state index in [4.69, 9.17) is 14.6 Å². The van der Waals surface area contributed by atoms with Gasteiger partial charge in [-0.1, -0.05) is 13.3 Å². The molecule has 0 aromatic heterocycles. The number of ether oxygens (including phenoxy) is 2. The van der Waals surface area contributed by atoms with Gasteiger partial charge in [-0.2, -0.15) is 0 Å². The zero-order valence-corrected chi connectivity index (χ0v) is 10.7. The summed E-state index contributed by atoms with van der Waals surface area (Å²) < 4.78 is 11.1. The first-order valence-electron chi connectivity index (χ1n) is 6.66. The highest BCUT2D eigenvalue weighted by Crippen LogP contribution is 2.26. The Bertz CT molecular complexity index is 209. The van der Waals surface area contributed by atoms with Crippen molar-refractivity contribution in [1.82, 2.24) is 0 Å². The Labute approximate surface area is 103 Å². The number of rotatable bonds is 8. The van der Waals surface area contributed by atoms with Crippen molar-refractivity contribution in [2.45, 2.75) is 51.6 Å². The second-order valence-corrected chi connectivity index (χ2v) is 4.65. The number of hydrogen-bond donors (Lipinski definition) is 1. The minimum Gasteiger partial charge on any atom is -0.481 e. The lowest BCUT2D eigenvalue weighted by Crippen LogP contribution is -2.27. The molecule has 1 fully saturated rings. The first-order chi connectivity index (χ1) is 8.24. The van der Waals surface area contributed by atoms with Gasteiger partial charge in [0.1, 0.15) is 0 Å². The lowest BCUT2D eigenvalue weighted by Gasteiger charge is -2.26. The van der Waals surface area contributed by atoms with Crippen LogP contribution in [0, 0.1) is 5.92 Å². The number of aliphatic carboxylic acids is 1. The van der Waals surface area contributed by atoms with Crippen LogP contribution in [0.15, 0.2) is 0 Å². The molecule has 0 amide bonds. The van der Waals surface area contributed by atoms with Crippen molar-refractivity contribution in [2.24, 2.45) is 5.92 Å². The van der Waals surface area contributed by atoms with Crippen molar-refractivity contribution in [3.8, 4) is 0 Å². The van der Waals surface area contributed by atoms with Gasteiger partial charge < -0.3 is 14.6 Å². The second-order valence-electron chi connectivity index (χ2n) is 4.65. The van der Waals surface area contributed by atoms with E-state index in [1.165, 1.54) is 0 Å². The Morgan fingerprint density at radius 2 is 1.88 bits per heavy atom. The lowest BCUT2D eigenvalue weighted by molar-refractivity contribution is -0.143. The fourth-order valence-electron chi connectivity index (χ4n) is 2.10. The summed E-state index contributed by atoms with van der Waals surface area (Å²) in [4.78, 5) is 10.8. The van der Waals surface area contributed by atoms with Gasteiger partial charge in [0.25, 0.3) is 0 Å². The van der Waals surface area contributed by atoms with Crippen LogP contribution in [0.1, 0.15) is 45.4 Å². The van der Waals surface area contributed by atoms with E-state index in [1.54, 1.807) is 0 Å². The Balaban J connectivity index is 1.97. The highest BCUT2D eigenvalue weighted by molar-refractivity contribution is 5.69. The summed E-state index contributed by atoms with van der Waals surface area (Å²) in [5.41, 5.74) is 0. The van der Waals surface area contributed by atoms with Gasteiger partial charge in [-0.3, -0.25) is 4.79 Å². The largest absolute Gasteiger partial charge is 0.481 e. The Kier molecular flexibility index (Phi) is 7.21. The topological polar surface area (TPSA) is 55.8 Å². The van der Waals surface area contributed by atoms with Crippen molar-refractivity contribution in [3.05, 3.63) is 0 Å². The third kappa shape index (κ3) is 6.03. The molecular formula is C13H24O4. The molecule has 0 radical (unpaired) electrons. The smallest absolute Gasteiger partial charge is 0.306 e. The molecule has 0 unspecified atom stereocenters. The average molecular weight is 244 g/mol. The molecular weight excluding hydrogens is 220 g/mol. The summed E-state index contributed by atoms with van der Waals surface area (Å²) in [6.07, 6.45) is 5.72. The van der Waals surface area contributed by atoms with Crippen molar-refractivity contribution in [3.63, 3.8) is 0 Å². The minimum absolute atomic E-state index is 0.157. The van der Waals surface area contributed by atoms with Crippen LogP contribution in [-0.4, -0.2) is 37.0 Å². The first-order valence-corrected chi connectivity index (χ1v) is 6.66. The molecule has 0 aromatic carbocycles. The van der Waals surface area contributed by atoms with Gasteiger partial charge in [-0.05, 0) is 32.1 Å². The van der Waals surface area contributed by atoms with Crippen LogP contribution < -0.4 is 0 Å². The van der Waals surface area contributed by atoms with E-state index >= 15 is 0 Å². The maximum atomic E-state index is 10.8. The van der Waals surface area contributed by atoms with E-state index in [-0.39, 0.29) is 12.0 Å². The summed E-state index contributed by atoms with van der Waals surface area (Å²) in [7, 11) is 0.